The van der Waals surface area contributed by atoms with Crippen LogP contribution in [0.3, 0.4) is 0 Å². The van der Waals surface area contributed by atoms with Crippen LogP contribution in [0.25, 0.3) is 0 Å². The highest BCUT2D eigenvalue weighted by Crippen LogP contribution is 2.42. The van der Waals surface area contributed by atoms with Gasteiger partial charge in [-0.3, -0.25) is 19.1 Å². The second-order valence-electron chi connectivity index (χ2n) is 8.79. The third kappa shape index (κ3) is 3.47. The maximum absolute atomic E-state index is 14.0. The summed E-state index contributed by atoms with van der Waals surface area (Å²) < 4.78 is 35.1. The topological polar surface area (TPSA) is 58.7 Å². The standard InChI is InChI=1S/C22H25F2N3O3/c23-22(24)7-3-8-26(14-22)21(29)20-16-10-15(18-5-1-6-19(28)27(18)20)11-25(12-16)13-17-4-2-9-30-17/h1-2,4-6,9,15-16,20H,3,7-8,10-14H2/t15-,16+,20+/m0/s1. The Labute approximate surface area is 173 Å². The summed E-state index contributed by atoms with van der Waals surface area (Å²) in [4.78, 5) is 29.8. The normalized spacial score (nSPS) is 28.2. The van der Waals surface area contributed by atoms with Crippen LogP contribution in [0.4, 0.5) is 8.78 Å². The number of pyridine rings is 1. The predicted octanol–water partition coefficient (Wildman–Crippen LogP) is 2.86. The van der Waals surface area contributed by atoms with Crippen LogP contribution in [0, 0.1) is 5.92 Å². The molecular weight excluding hydrogens is 392 g/mol. The molecule has 1 amide bonds. The summed E-state index contributed by atoms with van der Waals surface area (Å²) in [5.74, 6) is -2.35. The number of amides is 1. The average molecular weight is 417 g/mol. The first kappa shape index (κ1) is 19.5. The lowest BCUT2D eigenvalue weighted by Crippen LogP contribution is -2.56. The molecule has 0 radical (unpaired) electrons. The van der Waals surface area contributed by atoms with E-state index in [0.29, 0.717) is 19.6 Å². The molecule has 0 saturated carbocycles. The fraction of sp³-hybridized carbons (Fsp3) is 0.545. The number of rotatable bonds is 3. The Morgan fingerprint density at radius 1 is 1.20 bits per heavy atom. The van der Waals surface area contributed by atoms with Crippen LogP contribution in [0.1, 0.15) is 42.7 Å². The van der Waals surface area contributed by atoms with Gasteiger partial charge in [0.15, 0.2) is 0 Å². The summed E-state index contributed by atoms with van der Waals surface area (Å²) in [5, 5.41) is 0. The Kier molecular flexibility index (Phi) is 4.76. The number of likely N-dealkylation sites (tertiary alicyclic amines) is 2. The number of hydrogen-bond acceptors (Lipinski definition) is 4. The van der Waals surface area contributed by atoms with Crippen LogP contribution in [0.5, 0.6) is 0 Å². The quantitative estimate of drug-likeness (QED) is 0.771. The highest BCUT2D eigenvalue weighted by molar-refractivity contribution is 5.81. The van der Waals surface area contributed by atoms with E-state index in [2.05, 4.69) is 4.90 Å². The van der Waals surface area contributed by atoms with Crippen molar-refractivity contribution in [3.05, 3.63) is 58.4 Å². The number of hydrogen-bond donors (Lipinski definition) is 0. The molecule has 30 heavy (non-hydrogen) atoms. The van der Waals surface area contributed by atoms with Crippen LogP contribution in [-0.2, 0) is 11.3 Å². The number of halogens is 2. The van der Waals surface area contributed by atoms with Crippen LogP contribution < -0.4 is 5.56 Å². The zero-order valence-electron chi connectivity index (χ0n) is 16.7. The molecule has 0 aliphatic carbocycles. The summed E-state index contributed by atoms with van der Waals surface area (Å²) in [6.45, 7) is 1.77. The zero-order chi connectivity index (χ0) is 20.9. The van der Waals surface area contributed by atoms with E-state index in [-0.39, 0.29) is 36.1 Å². The van der Waals surface area contributed by atoms with Crippen molar-refractivity contribution in [2.75, 3.05) is 26.2 Å². The second-order valence-corrected chi connectivity index (χ2v) is 8.79. The molecule has 5 rings (SSSR count). The van der Waals surface area contributed by atoms with Gasteiger partial charge in [0.1, 0.15) is 11.8 Å². The summed E-state index contributed by atoms with van der Waals surface area (Å²) in [7, 11) is 0. The van der Waals surface area contributed by atoms with Gasteiger partial charge in [0.2, 0.25) is 5.91 Å². The van der Waals surface area contributed by atoms with Gasteiger partial charge in [0.05, 0.1) is 19.4 Å². The number of nitrogens with zero attached hydrogens (tertiary/aromatic N) is 3. The van der Waals surface area contributed by atoms with Gasteiger partial charge in [0, 0.05) is 49.7 Å². The van der Waals surface area contributed by atoms with Gasteiger partial charge in [0.25, 0.3) is 11.5 Å². The monoisotopic (exact) mass is 417 g/mol. The summed E-state index contributed by atoms with van der Waals surface area (Å²) in [6, 6.07) is 8.09. The first-order valence-electron chi connectivity index (χ1n) is 10.5. The van der Waals surface area contributed by atoms with Gasteiger partial charge in [-0.15, -0.1) is 0 Å². The SMILES string of the molecule is O=C([C@H]1[C@@H]2C[C@@H](CN(Cc3ccco3)C2)c2cccc(=O)n21)N1CCCC(F)(F)C1. The van der Waals surface area contributed by atoms with Gasteiger partial charge in [-0.05, 0) is 31.0 Å². The van der Waals surface area contributed by atoms with E-state index in [4.69, 9.17) is 4.42 Å². The smallest absolute Gasteiger partial charge is 0.265 e. The lowest BCUT2D eigenvalue weighted by Gasteiger charge is -2.47. The molecule has 3 aliphatic heterocycles. The minimum Gasteiger partial charge on any atom is -0.468 e. The largest absolute Gasteiger partial charge is 0.468 e. The van der Waals surface area contributed by atoms with Crippen molar-refractivity contribution in [2.45, 2.75) is 43.7 Å². The van der Waals surface area contributed by atoms with Crippen molar-refractivity contribution in [3.8, 4) is 0 Å². The maximum atomic E-state index is 14.0. The highest BCUT2D eigenvalue weighted by atomic mass is 19.3. The Morgan fingerprint density at radius 3 is 2.83 bits per heavy atom. The molecule has 2 aromatic rings. The maximum Gasteiger partial charge on any atom is 0.265 e. The summed E-state index contributed by atoms with van der Waals surface area (Å²) in [5.41, 5.74) is 0.591. The molecule has 0 spiro atoms. The lowest BCUT2D eigenvalue weighted by atomic mass is 9.77. The third-order valence-corrected chi connectivity index (χ3v) is 6.64. The van der Waals surface area contributed by atoms with E-state index < -0.39 is 18.5 Å². The minimum atomic E-state index is -2.87. The number of aromatic nitrogens is 1. The molecule has 3 atom stereocenters. The van der Waals surface area contributed by atoms with Gasteiger partial charge in [-0.25, -0.2) is 8.78 Å². The first-order valence-corrected chi connectivity index (χ1v) is 10.5. The molecule has 6 nitrogen and oxygen atoms in total. The third-order valence-electron chi connectivity index (χ3n) is 6.64. The zero-order valence-corrected chi connectivity index (χ0v) is 16.7. The molecule has 160 valence electrons. The first-order chi connectivity index (χ1) is 14.4. The molecule has 0 N–H and O–H groups in total. The number of carbonyl (C=O) groups is 1. The van der Waals surface area contributed by atoms with Gasteiger partial charge >= 0.3 is 0 Å². The van der Waals surface area contributed by atoms with Gasteiger partial charge in [-0.1, -0.05) is 6.07 Å². The van der Waals surface area contributed by atoms with E-state index in [1.54, 1.807) is 16.9 Å². The molecule has 2 bridgehead atoms. The van der Waals surface area contributed by atoms with Crippen molar-refractivity contribution < 1.29 is 18.0 Å². The number of alkyl halides is 2. The molecule has 3 aliphatic rings. The van der Waals surface area contributed by atoms with Gasteiger partial charge in [-0.2, -0.15) is 0 Å². The molecule has 0 aromatic carbocycles. The Balaban J connectivity index is 1.49. The van der Waals surface area contributed by atoms with Crippen molar-refractivity contribution in [2.24, 2.45) is 5.92 Å². The number of carbonyl (C=O) groups excluding carboxylic acids is 1. The van der Waals surface area contributed by atoms with Crippen LogP contribution >= 0.6 is 0 Å². The van der Waals surface area contributed by atoms with Crippen LogP contribution in [0.15, 0.2) is 45.8 Å². The molecule has 8 heteroatoms. The summed E-state index contributed by atoms with van der Waals surface area (Å²) in [6.07, 6.45) is 2.50. The molecule has 0 unspecified atom stereocenters. The molecule has 2 saturated heterocycles. The summed E-state index contributed by atoms with van der Waals surface area (Å²) >= 11 is 0. The molecule has 2 fully saturated rings. The number of furan rings is 1. The van der Waals surface area contributed by atoms with Gasteiger partial charge < -0.3 is 9.32 Å². The molecule has 2 aromatic heterocycles. The molecular formula is C22H25F2N3O3. The Bertz CT molecular complexity index is 988. The minimum absolute atomic E-state index is 0.102. The van der Waals surface area contributed by atoms with Crippen molar-refractivity contribution in [3.63, 3.8) is 0 Å². The van der Waals surface area contributed by atoms with Crippen LogP contribution in [-0.4, -0.2) is 52.4 Å². The number of fused-ring (bicyclic) bond motifs is 4. The average Bonchev–Trinajstić information content (AvgIpc) is 3.21. The lowest BCUT2D eigenvalue weighted by molar-refractivity contribution is -0.148. The highest BCUT2D eigenvalue weighted by Gasteiger charge is 2.47. The van der Waals surface area contributed by atoms with E-state index in [9.17, 15) is 18.4 Å². The molecule has 5 heterocycles. The predicted molar refractivity (Wildman–Crippen MR) is 105 cm³/mol. The fourth-order valence-electron chi connectivity index (χ4n) is 5.44. The fourth-order valence-corrected chi connectivity index (χ4v) is 5.44. The van der Waals surface area contributed by atoms with E-state index in [1.807, 2.05) is 18.2 Å². The van der Waals surface area contributed by atoms with Crippen molar-refractivity contribution in [1.82, 2.24) is 14.4 Å². The van der Waals surface area contributed by atoms with E-state index >= 15 is 0 Å². The Morgan fingerprint density at radius 2 is 2.07 bits per heavy atom. The van der Waals surface area contributed by atoms with Crippen molar-refractivity contribution in [1.29, 1.82) is 0 Å². The van der Waals surface area contributed by atoms with E-state index in [1.165, 1.54) is 11.0 Å². The second kappa shape index (κ2) is 7.34. The van der Waals surface area contributed by atoms with Crippen LogP contribution in [0.2, 0.25) is 0 Å². The number of piperidine rings is 2. The van der Waals surface area contributed by atoms with Crippen molar-refractivity contribution >= 4 is 5.91 Å². The van der Waals surface area contributed by atoms with E-state index in [0.717, 1.165) is 24.4 Å². The Hall–Kier alpha value is -2.48.